The number of rotatable bonds is 12. The minimum atomic E-state index is -2.26. The molecule has 0 aromatic rings. The second kappa shape index (κ2) is 11.3. The third-order valence-corrected chi connectivity index (χ3v) is 4.11. The van der Waals surface area contributed by atoms with E-state index < -0.39 is 10.6 Å². The highest BCUT2D eigenvalue weighted by molar-refractivity contribution is 6.30. The van der Waals surface area contributed by atoms with Gasteiger partial charge in [0.15, 0.2) is 0 Å². The van der Waals surface area contributed by atoms with Crippen molar-refractivity contribution in [2.75, 3.05) is 0 Å². The van der Waals surface area contributed by atoms with Crippen LogP contribution in [0.5, 0.6) is 0 Å². The highest BCUT2D eigenvalue weighted by Crippen LogP contribution is 2.23. The molecule has 0 aliphatic heterocycles. The van der Waals surface area contributed by atoms with Gasteiger partial charge in [-0.1, -0.05) is 82.7 Å². The van der Waals surface area contributed by atoms with E-state index in [1.54, 1.807) is 0 Å². The predicted octanol–water partition coefficient (Wildman–Crippen LogP) is 4.78. The second-order valence-corrected chi connectivity index (χ2v) is 6.16. The maximum Gasteiger partial charge on any atom is 0.260 e. The minimum absolute atomic E-state index is 0.550. The third kappa shape index (κ3) is 11.6. The van der Waals surface area contributed by atoms with Gasteiger partial charge in [0.1, 0.15) is 5.38 Å². The summed E-state index contributed by atoms with van der Waals surface area (Å²) in [4.78, 5) is 0. The molecule has 18 heavy (non-hydrogen) atoms. The normalized spacial score (nSPS) is 13.8. The van der Waals surface area contributed by atoms with Crippen LogP contribution in [-0.4, -0.2) is 20.8 Å². The quantitative estimate of drug-likeness (QED) is 0.309. The van der Waals surface area contributed by atoms with Crippen LogP contribution in [0.1, 0.15) is 77.6 Å². The molecule has 1 atom stereocenters. The molecule has 0 spiro atoms. The van der Waals surface area contributed by atoms with E-state index in [0.29, 0.717) is 6.42 Å². The molecule has 0 aliphatic rings. The topological polar surface area (TPSA) is 40.5 Å². The van der Waals surface area contributed by atoms with Crippen LogP contribution in [0.15, 0.2) is 0 Å². The maximum absolute atomic E-state index is 9.02. The Hall–Kier alpha value is 0.500. The fourth-order valence-electron chi connectivity index (χ4n) is 1.99. The van der Waals surface area contributed by atoms with Gasteiger partial charge in [0.2, 0.25) is 0 Å². The maximum atomic E-state index is 9.02. The average molecular weight is 299 g/mol. The standard InChI is InChI=1S/C14H28Cl2O2/c1-2-3-4-5-6-7-8-9-10-11-12-13(15)14(16,17)18/h13,17-18H,2-12H2,1H3. The molecule has 4 heteroatoms. The molecule has 0 amide bonds. The summed E-state index contributed by atoms with van der Waals surface area (Å²) < 4.78 is 0. The van der Waals surface area contributed by atoms with Crippen molar-refractivity contribution < 1.29 is 10.2 Å². The van der Waals surface area contributed by atoms with E-state index in [1.165, 1.54) is 51.4 Å². The van der Waals surface area contributed by atoms with Crippen LogP contribution in [0.4, 0.5) is 0 Å². The van der Waals surface area contributed by atoms with Crippen LogP contribution in [0, 0.1) is 0 Å². The number of hydrogen-bond donors (Lipinski definition) is 2. The third-order valence-electron chi connectivity index (χ3n) is 3.21. The number of alkyl halides is 2. The molecule has 0 fully saturated rings. The van der Waals surface area contributed by atoms with Gasteiger partial charge in [-0.05, 0) is 6.42 Å². The molecule has 0 bridgehead atoms. The molecule has 0 rings (SSSR count). The van der Waals surface area contributed by atoms with Crippen LogP contribution in [0.25, 0.3) is 0 Å². The van der Waals surface area contributed by atoms with Crippen LogP contribution in [-0.2, 0) is 0 Å². The highest BCUT2D eigenvalue weighted by atomic mass is 35.5. The van der Waals surface area contributed by atoms with Crippen molar-refractivity contribution in [3.63, 3.8) is 0 Å². The molecule has 0 aromatic carbocycles. The van der Waals surface area contributed by atoms with Crippen molar-refractivity contribution >= 4 is 23.2 Å². The van der Waals surface area contributed by atoms with Crippen LogP contribution < -0.4 is 0 Å². The summed E-state index contributed by atoms with van der Waals surface area (Å²) in [5, 5.41) is 15.0. The SMILES string of the molecule is CCCCCCCCCCCCC(Cl)C(O)(O)Cl. The van der Waals surface area contributed by atoms with Crippen molar-refractivity contribution in [1.82, 2.24) is 0 Å². The average Bonchev–Trinajstić information content (AvgIpc) is 2.30. The molecule has 0 radical (unpaired) electrons. The second-order valence-electron chi connectivity index (χ2n) is 5.07. The molecule has 2 N–H and O–H groups in total. The van der Waals surface area contributed by atoms with E-state index in [2.05, 4.69) is 6.92 Å². The first kappa shape index (κ1) is 18.5. The molecule has 0 saturated heterocycles. The highest BCUT2D eigenvalue weighted by Gasteiger charge is 2.29. The first-order valence-electron chi connectivity index (χ1n) is 7.26. The Morgan fingerprint density at radius 1 is 0.833 bits per heavy atom. The molecule has 0 aromatic heterocycles. The molecule has 1 unspecified atom stereocenters. The van der Waals surface area contributed by atoms with Crippen LogP contribution >= 0.6 is 23.2 Å². The van der Waals surface area contributed by atoms with Crippen molar-refractivity contribution in [3.8, 4) is 0 Å². The summed E-state index contributed by atoms with van der Waals surface area (Å²) in [6.07, 6.45) is 13.1. The Bertz CT molecular complexity index is 181. The predicted molar refractivity (Wildman–Crippen MR) is 79.1 cm³/mol. The monoisotopic (exact) mass is 298 g/mol. The Labute approximate surface area is 122 Å². The molecular weight excluding hydrogens is 271 g/mol. The summed E-state index contributed by atoms with van der Waals surface area (Å²) in [5.74, 6) is 0. The molecule has 110 valence electrons. The largest absolute Gasteiger partial charge is 0.352 e. The van der Waals surface area contributed by atoms with E-state index in [0.717, 1.165) is 12.8 Å². The summed E-state index contributed by atoms with van der Waals surface area (Å²) in [6.45, 7) is 2.23. The summed E-state index contributed by atoms with van der Waals surface area (Å²) in [7, 11) is 0. The zero-order valence-corrected chi connectivity index (χ0v) is 13.0. The van der Waals surface area contributed by atoms with Gasteiger partial charge in [0.05, 0.1) is 0 Å². The zero-order valence-electron chi connectivity index (χ0n) is 11.5. The molecule has 0 saturated carbocycles. The van der Waals surface area contributed by atoms with Gasteiger partial charge in [-0.3, -0.25) is 0 Å². The first-order chi connectivity index (χ1) is 8.48. The van der Waals surface area contributed by atoms with Crippen molar-refractivity contribution in [3.05, 3.63) is 0 Å². The zero-order chi connectivity index (χ0) is 13.9. The van der Waals surface area contributed by atoms with E-state index in [1.807, 2.05) is 0 Å². The molecule has 0 heterocycles. The lowest BCUT2D eigenvalue weighted by molar-refractivity contribution is -0.0872. The van der Waals surface area contributed by atoms with Gasteiger partial charge < -0.3 is 10.2 Å². The lowest BCUT2D eigenvalue weighted by Crippen LogP contribution is -2.31. The Morgan fingerprint density at radius 3 is 1.61 bits per heavy atom. The summed E-state index contributed by atoms with van der Waals surface area (Å²) in [5.41, 5.74) is 0. The van der Waals surface area contributed by atoms with E-state index >= 15 is 0 Å². The Morgan fingerprint density at radius 2 is 1.22 bits per heavy atom. The lowest BCUT2D eigenvalue weighted by Gasteiger charge is -2.19. The summed E-state index contributed by atoms with van der Waals surface area (Å²) in [6, 6.07) is 0. The number of hydrogen-bond acceptors (Lipinski definition) is 2. The minimum Gasteiger partial charge on any atom is -0.352 e. The van der Waals surface area contributed by atoms with Gasteiger partial charge in [-0.2, -0.15) is 0 Å². The smallest absolute Gasteiger partial charge is 0.260 e. The summed E-state index contributed by atoms with van der Waals surface area (Å²) >= 11 is 11.0. The van der Waals surface area contributed by atoms with Crippen LogP contribution in [0.2, 0.25) is 0 Å². The molecule has 0 aliphatic carbocycles. The van der Waals surface area contributed by atoms with Gasteiger partial charge in [-0.15, -0.1) is 11.6 Å². The van der Waals surface area contributed by atoms with Crippen molar-refractivity contribution in [2.45, 2.75) is 88.2 Å². The fraction of sp³-hybridized carbons (Fsp3) is 1.00. The van der Waals surface area contributed by atoms with Gasteiger partial charge >= 0.3 is 0 Å². The van der Waals surface area contributed by atoms with Crippen molar-refractivity contribution in [2.24, 2.45) is 0 Å². The number of aliphatic hydroxyl groups is 2. The fourth-order valence-corrected chi connectivity index (χ4v) is 2.26. The van der Waals surface area contributed by atoms with E-state index in [4.69, 9.17) is 33.4 Å². The van der Waals surface area contributed by atoms with Gasteiger partial charge in [0.25, 0.3) is 5.25 Å². The molecule has 2 nitrogen and oxygen atoms in total. The van der Waals surface area contributed by atoms with E-state index in [9.17, 15) is 0 Å². The Balaban J connectivity index is 3.17. The molecular formula is C14H28Cl2O2. The van der Waals surface area contributed by atoms with Gasteiger partial charge in [-0.25, -0.2) is 0 Å². The van der Waals surface area contributed by atoms with Gasteiger partial charge in [0, 0.05) is 0 Å². The first-order valence-corrected chi connectivity index (χ1v) is 8.07. The lowest BCUT2D eigenvalue weighted by atomic mass is 10.1. The number of unbranched alkanes of at least 4 members (excludes halogenated alkanes) is 9. The number of halogens is 2. The van der Waals surface area contributed by atoms with Crippen molar-refractivity contribution in [1.29, 1.82) is 0 Å². The Kier molecular flexibility index (Phi) is 11.7. The van der Waals surface area contributed by atoms with Crippen LogP contribution in [0.3, 0.4) is 0 Å². The van der Waals surface area contributed by atoms with E-state index in [-0.39, 0.29) is 0 Å².